The lowest BCUT2D eigenvalue weighted by atomic mass is 9.96. The first-order valence-electron chi connectivity index (χ1n) is 8.46. The van der Waals surface area contributed by atoms with Gasteiger partial charge in [-0.15, -0.1) is 0 Å². The summed E-state index contributed by atoms with van der Waals surface area (Å²) in [4.78, 5) is 18.6. The average molecular weight is 315 g/mol. The van der Waals surface area contributed by atoms with Crippen LogP contribution in [0.25, 0.3) is 11.0 Å². The highest BCUT2D eigenvalue weighted by Gasteiger charge is 2.23. The molecule has 1 saturated heterocycles. The third kappa shape index (κ3) is 3.55. The Bertz CT molecular complexity index is 672. The molecule has 0 atom stereocenters. The maximum absolute atomic E-state index is 12.0. The molecule has 5 heteroatoms. The van der Waals surface area contributed by atoms with Gasteiger partial charge < -0.3 is 14.2 Å². The van der Waals surface area contributed by atoms with Crippen molar-refractivity contribution in [1.82, 2.24) is 14.5 Å². The van der Waals surface area contributed by atoms with Crippen molar-refractivity contribution in [1.29, 1.82) is 0 Å². The number of ether oxygens (including phenoxy) is 1. The van der Waals surface area contributed by atoms with Crippen LogP contribution in [-0.2, 0) is 16.1 Å². The molecule has 1 amide bonds. The highest BCUT2D eigenvalue weighted by atomic mass is 16.5. The summed E-state index contributed by atoms with van der Waals surface area (Å²) in [6.07, 6.45) is 2.09. The van der Waals surface area contributed by atoms with Gasteiger partial charge in [0.2, 0.25) is 5.91 Å². The number of benzene rings is 1. The van der Waals surface area contributed by atoms with Gasteiger partial charge in [0, 0.05) is 26.2 Å². The van der Waals surface area contributed by atoms with E-state index in [2.05, 4.69) is 34.7 Å². The van der Waals surface area contributed by atoms with Crippen LogP contribution < -0.4 is 0 Å². The molecule has 0 unspecified atom stereocenters. The van der Waals surface area contributed by atoms with Gasteiger partial charge in [-0.2, -0.15) is 0 Å². The number of fused-ring (bicyclic) bond motifs is 1. The molecule has 23 heavy (non-hydrogen) atoms. The summed E-state index contributed by atoms with van der Waals surface area (Å²) in [5.74, 6) is 1.79. The number of aryl methyl sites for hydroxylation is 1. The minimum atomic E-state index is 0.120. The lowest BCUT2D eigenvalue weighted by Crippen LogP contribution is -2.41. The Balaban J connectivity index is 1.60. The highest BCUT2D eigenvalue weighted by molar-refractivity contribution is 5.77. The van der Waals surface area contributed by atoms with Crippen LogP contribution in [0.3, 0.4) is 0 Å². The van der Waals surface area contributed by atoms with Crippen LogP contribution >= 0.6 is 0 Å². The van der Waals surface area contributed by atoms with E-state index in [1.165, 1.54) is 5.52 Å². The van der Waals surface area contributed by atoms with Crippen LogP contribution in [0.15, 0.2) is 24.3 Å². The summed E-state index contributed by atoms with van der Waals surface area (Å²) in [6.45, 7) is 7.45. The minimum absolute atomic E-state index is 0.120. The van der Waals surface area contributed by atoms with Crippen molar-refractivity contribution in [2.24, 2.45) is 5.92 Å². The number of nitrogens with zero attached hydrogens (tertiary/aromatic N) is 3. The molecule has 1 aromatic carbocycles. The molecular weight excluding hydrogens is 290 g/mol. The van der Waals surface area contributed by atoms with Gasteiger partial charge in [-0.05, 0) is 44.7 Å². The fourth-order valence-corrected chi connectivity index (χ4v) is 3.33. The van der Waals surface area contributed by atoms with Gasteiger partial charge in [-0.25, -0.2) is 4.98 Å². The van der Waals surface area contributed by atoms with Crippen molar-refractivity contribution >= 4 is 16.9 Å². The van der Waals surface area contributed by atoms with Crippen LogP contribution in [0.4, 0.5) is 0 Å². The monoisotopic (exact) mass is 315 g/mol. The van der Waals surface area contributed by atoms with Gasteiger partial charge in [0.05, 0.1) is 11.0 Å². The number of aromatic nitrogens is 2. The molecule has 0 spiro atoms. The summed E-state index contributed by atoms with van der Waals surface area (Å²) in [5.41, 5.74) is 2.27. The SMILES string of the molecule is CCOCC(=O)N1CCC(Cn2c(C)nc3ccccc32)CC1. The lowest BCUT2D eigenvalue weighted by Gasteiger charge is -2.32. The molecule has 3 rings (SSSR count). The zero-order valence-electron chi connectivity index (χ0n) is 14.0. The van der Waals surface area contributed by atoms with Crippen molar-refractivity contribution in [3.63, 3.8) is 0 Å². The molecule has 1 aromatic heterocycles. The third-order valence-corrected chi connectivity index (χ3v) is 4.68. The van der Waals surface area contributed by atoms with E-state index in [1.807, 2.05) is 17.9 Å². The second-order valence-corrected chi connectivity index (χ2v) is 6.22. The van der Waals surface area contributed by atoms with E-state index in [9.17, 15) is 4.79 Å². The topological polar surface area (TPSA) is 47.4 Å². The van der Waals surface area contributed by atoms with Crippen LogP contribution in [0.1, 0.15) is 25.6 Å². The lowest BCUT2D eigenvalue weighted by molar-refractivity contribution is -0.137. The Morgan fingerprint density at radius 1 is 1.30 bits per heavy atom. The Morgan fingerprint density at radius 3 is 2.78 bits per heavy atom. The molecule has 2 heterocycles. The van der Waals surface area contributed by atoms with Crippen LogP contribution in [-0.4, -0.2) is 46.7 Å². The first-order valence-corrected chi connectivity index (χ1v) is 8.46. The van der Waals surface area contributed by atoms with E-state index in [4.69, 9.17) is 4.74 Å². The maximum atomic E-state index is 12.0. The predicted octanol–water partition coefficient (Wildman–Crippen LogP) is 2.62. The number of amides is 1. The van der Waals surface area contributed by atoms with E-state index >= 15 is 0 Å². The summed E-state index contributed by atoms with van der Waals surface area (Å²) >= 11 is 0. The molecule has 0 saturated carbocycles. The number of piperidine rings is 1. The first kappa shape index (κ1) is 16.0. The molecule has 0 N–H and O–H groups in total. The van der Waals surface area contributed by atoms with Crippen LogP contribution in [0, 0.1) is 12.8 Å². The summed E-state index contributed by atoms with van der Waals surface area (Å²) in [5, 5.41) is 0. The third-order valence-electron chi connectivity index (χ3n) is 4.68. The summed E-state index contributed by atoms with van der Waals surface area (Å²) in [7, 11) is 0. The quantitative estimate of drug-likeness (QED) is 0.852. The van der Waals surface area contributed by atoms with Crippen molar-refractivity contribution < 1.29 is 9.53 Å². The molecule has 0 radical (unpaired) electrons. The Morgan fingerprint density at radius 2 is 2.04 bits per heavy atom. The van der Waals surface area contributed by atoms with Crippen LogP contribution in [0.2, 0.25) is 0 Å². The minimum Gasteiger partial charge on any atom is -0.372 e. The molecule has 124 valence electrons. The van der Waals surface area contributed by atoms with E-state index < -0.39 is 0 Å². The fourth-order valence-electron chi connectivity index (χ4n) is 3.33. The number of hydrogen-bond donors (Lipinski definition) is 0. The van der Waals surface area contributed by atoms with Crippen molar-refractivity contribution in [3.8, 4) is 0 Å². The van der Waals surface area contributed by atoms with Gasteiger partial charge in [0.25, 0.3) is 0 Å². The molecule has 0 bridgehead atoms. The Labute approximate surface area is 137 Å². The van der Waals surface area contributed by atoms with E-state index in [0.29, 0.717) is 12.5 Å². The second-order valence-electron chi connectivity index (χ2n) is 6.22. The number of rotatable bonds is 5. The maximum Gasteiger partial charge on any atom is 0.248 e. The Hall–Kier alpha value is -1.88. The molecule has 1 fully saturated rings. The highest BCUT2D eigenvalue weighted by Crippen LogP contribution is 2.23. The van der Waals surface area contributed by atoms with Gasteiger partial charge >= 0.3 is 0 Å². The van der Waals surface area contributed by atoms with Gasteiger partial charge in [0.1, 0.15) is 12.4 Å². The number of carbonyl (C=O) groups excluding carboxylic acids is 1. The predicted molar refractivity (Wildman–Crippen MR) is 90.3 cm³/mol. The average Bonchev–Trinajstić information content (AvgIpc) is 2.89. The zero-order chi connectivity index (χ0) is 16.2. The standard InChI is InChI=1S/C18H25N3O2/c1-3-23-13-18(22)20-10-8-15(9-11-20)12-21-14(2)19-16-6-4-5-7-17(16)21/h4-7,15H,3,8-13H2,1-2H3. The second kappa shape index (κ2) is 7.13. The van der Waals surface area contributed by atoms with E-state index in [0.717, 1.165) is 43.8 Å². The van der Waals surface area contributed by atoms with E-state index in [-0.39, 0.29) is 12.5 Å². The molecular formula is C18H25N3O2. The number of carbonyl (C=O) groups is 1. The molecule has 1 aliphatic heterocycles. The van der Waals surface area contributed by atoms with Crippen molar-refractivity contribution in [2.75, 3.05) is 26.3 Å². The summed E-state index contributed by atoms with van der Waals surface area (Å²) in [6, 6.07) is 8.29. The number of imidazole rings is 1. The normalized spacial score (nSPS) is 16.2. The fraction of sp³-hybridized carbons (Fsp3) is 0.556. The molecule has 2 aromatic rings. The van der Waals surface area contributed by atoms with Gasteiger partial charge in [0.15, 0.2) is 0 Å². The number of likely N-dealkylation sites (tertiary alicyclic amines) is 1. The van der Waals surface area contributed by atoms with Crippen molar-refractivity contribution in [3.05, 3.63) is 30.1 Å². The van der Waals surface area contributed by atoms with Gasteiger partial charge in [-0.1, -0.05) is 12.1 Å². The van der Waals surface area contributed by atoms with Gasteiger partial charge in [-0.3, -0.25) is 4.79 Å². The smallest absolute Gasteiger partial charge is 0.248 e. The molecule has 1 aliphatic rings. The van der Waals surface area contributed by atoms with Crippen molar-refractivity contribution in [2.45, 2.75) is 33.2 Å². The number of hydrogen-bond acceptors (Lipinski definition) is 3. The number of para-hydroxylation sites is 2. The van der Waals surface area contributed by atoms with E-state index in [1.54, 1.807) is 0 Å². The largest absolute Gasteiger partial charge is 0.372 e. The summed E-state index contributed by atoms with van der Waals surface area (Å²) < 4.78 is 7.54. The Kier molecular flexibility index (Phi) is 4.96. The van der Waals surface area contributed by atoms with Crippen LogP contribution in [0.5, 0.6) is 0 Å². The zero-order valence-corrected chi connectivity index (χ0v) is 14.0. The molecule has 5 nitrogen and oxygen atoms in total. The molecule has 0 aliphatic carbocycles. The first-order chi connectivity index (χ1) is 11.2.